The Morgan fingerprint density at radius 2 is 2.12 bits per heavy atom. The third-order valence-electron chi connectivity index (χ3n) is 4.58. The number of carbonyl (C=O) groups is 1. The van der Waals surface area contributed by atoms with Crippen LogP contribution in [0.2, 0.25) is 0 Å². The maximum atomic E-state index is 12.2. The first-order valence-corrected chi connectivity index (χ1v) is 10.8. The van der Waals surface area contributed by atoms with Crippen molar-refractivity contribution in [2.45, 2.75) is 63.1 Å². The first-order valence-electron chi connectivity index (χ1n) is 8.95. The van der Waals surface area contributed by atoms with E-state index in [1.807, 2.05) is 11.6 Å². The average molecular weight is 379 g/mol. The molecule has 2 aromatic rings. The Balaban J connectivity index is 1.58. The summed E-state index contributed by atoms with van der Waals surface area (Å²) in [5.41, 5.74) is 1.10. The van der Waals surface area contributed by atoms with Gasteiger partial charge in [-0.1, -0.05) is 44.9 Å². The van der Waals surface area contributed by atoms with Gasteiger partial charge in [0.05, 0.1) is 5.75 Å². The molecule has 0 spiro atoms. The van der Waals surface area contributed by atoms with Crippen LogP contribution in [-0.4, -0.2) is 32.5 Å². The summed E-state index contributed by atoms with van der Waals surface area (Å²) in [6.07, 6.45) is 5.97. The predicted molar refractivity (Wildman–Crippen MR) is 104 cm³/mol. The number of thioether (sulfide) groups is 1. The van der Waals surface area contributed by atoms with E-state index in [4.69, 9.17) is 0 Å². The minimum Gasteiger partial charge on any atom is -0.353 e. The van der Waals surface area contributed by atoms with Gasteiger partial charge in [0.1, 0.15) is 0 Å². The van der Waals surface area contributed by atoms with Gasteiger partial charge in [-0.05, 0) is 24.8 Å². The predicted octanol–water partition coefficient (Wildman–Crippen LogP) is 4.21. The van der Waals surface area contributed by atoms with Crippen LogP contribution in [0.4, 0.5) is 0 Å². The second kappa shape index (κ2) is 8.36. The summed E-state index contributed by atoms with van der Waals surface area (Å²) in [7, 11) is 1.96. The molecule has 1 amide bonds. The third kappa shape index (κ3) is 4.64. The zero-order chi connectivity index (χ0) is 17.8. The number of thiophene rings is 1. The number of carbonyl (C=O) groups excluding carboxylic acids is 1. The zero-order valence-electron chi connectivity index (χ0n) is 15.1. The van der Waals surface area contributed by atoms with E-state index >= 15 is 0 Å². The summed E-state index contributed by atoms with van der Waals surface area (Å²) in [5.74, 6) is 1.87. The Morgan fingerprint density at radius 1 is 1.36 bits per heavy atom. The van der Waals surface area contributed by atoms with Crippen molar-refractivity contribution in [2.75, 3.05) is 5.75 Å². The Kier molecular flexibility index (Phi) is 6.17. The van der Waals surface area contributed by atoms with Crippen molar-refractivity contribution in [3.05, 3.63) is 16.3 Å². The van der Waals surface area contributed by atoms with Crippen molar-refractivity contribution in [3.8, 4) is 11.4 Å². The Morgan fingerprint density at radius 3 is 2.80 bits per heavy atom. The van der Waals surface area contributed by atoms with E-state index in [2.05, 4.69) is 40.8 Å². The van der Waals surface area contributed by atoms with E-state index in [0.717, 1.165) is 29.4 Å². The maximum Gasteiger partial charge on any atom is 0.230 e. The largest absolute Gasteiger partial charge is 0.353 e. The number of nitrogens with zero attached hydrogens (tertiary/aromatic N) is 3. The van der Waals surface area contributed by atoms with Crippen molar-refractivity contribution < 1.29 is 4.79 Å². The van der Waals surface area contributed by atoms with Gasteiger partial charge in [0.25, 0.3) is 0 Å². The van der Waals surface area contributed by atoms with Gasteiger partial charge in [-0.25, -0.2) is 0 Å². The molecule has 0 aliphatic heterocycles. The van der Waals surface area contributed by atoms with E-state index in [1.165, 1.54) is 35.9 Å². The lowest BCUT2D eigenvalue weighted by Crippen LogP contribution is -2.37. The standard InChI is InChI=1S/C18H26N4OS2/c1-12(2)15-9-13(10-24-15)17-20-21-18(22(17)3)25-11-16(23)19-14-7-5-4-6-8-14/h9-10,12,14H,4-8,11H2,1-3H3,(H,19,23). The van der Waals surface area contributed by atoms with Crippen molar-refractivity contribution in [3.63, 3.8) is 0 Å². The number of aromatic nitrogens is 3. The van der Waals surface area contributed by atoms with Gasteiger partial charge in [-0.15, -0.1) is 21.5 Å². The molecule has 3 rings (SSSR count). The molecule has 0 radical (unpaired) electrons. The monoisotopic (exact) mass is 378 g/mol. The number of nitrogens with one attached hydrogen (secondary N) is 1. The molecular weight excluding hydrogens is 352 g/mol. The first-order chi connectivity index (χ1) is 12.0. The van der Waals surface area contributed by atoms with E-state index in [0.29, 0.717) is 17.7 Å². The molecule has 5 nitrogen and oxygen atoms in total. The van der Waals surface area contributed by atoms with Gasteiger partial charge in [-0.3, -0.25) is 4.79 Å². The van der Waals surface area contributed by atoms with E-state index < -0.39 is 0 Å². The second-order valence-corrected chi connectivity index (χ2v) is 8.83. The van der Waals surface area contributed by atoms with Gasteiger partial charge < -0.3 is 9.88 Å². The molecule has 0 bridgehead atoms. The van der Waals surface area contributed by atoms with Gasteiger partial charge in [-0.2, -0.15) is 0 Å². The smallest absolute Gasteiger partial charge is 0.230 e. The molecule has 1 fully saturated rings. The Hall–Kier alpha value is -1.34. The summed E-state index contributed by atoms with van der Waals surface area (Å²) in [6, 6.07) is 2.54. The highest BCUT2D eigenvalue weighted by Gasteiger charge is 2.18. The van der Waals surface area contributed by atoms with Crippen LogP contribution in [0.1, 0.15) is 56.7 Å². The molecule has 0 unspecified atom stereocenters. The summed E-state index contributed by atoms with van der Waals surface area (Å²) in [4.78, 5) is 13.5. The Labute approximate surface area is 157 Å². The van der Waals surface area contributed by atoms with Crippen molar-refractivity contribution >= 4 is 29.0 Å². The third-order valence-corrected chi connectivity index (χ3v) is 6.84. The average Bonchev–Trinajstić information content (AvgIpc) is 3.21. The molecule has 0 saturated heterocycles. The van der Waals surface area contributed by atoms with Crippen LogP contribution in [0.15, 0.2) is 16.6 Å². The summed E-state index contributed by atoms with van der Waals surface area (Å²) >= 11 is 3.21. The van der Waals surface area contributed by atoms with Crippen LogP contribution in [-0.2, 0) is 11.8 Å². The van der Waals surface area contributed by atoms with E-state index in [-0.39, 0.29) is 5.91 Å². The van der Waals surface area contributed by atoms with Crippen LogP contribution in [0, 0.1) is 0 Å². The van der Waals surface area contributed by atoms with Crippen molar-refractivity contribution in [1.82, 2.24) is 20.1 Å². The van der Waals surface area contributed by atoms with E-state index in [1.54, 1.807) is 11.3 Å². The van der Waals surface area contributed by atoms with Gasteiger partial charge in [0, 0.05) is 28.9 Å². The molecule has 1 aliphatic rings. The van der Waals surface area contributed by atoms with Crippen LogP contribution in [0.3, 0.4) is 0 Å². The molecule has 0 atom stereocenters. The lowest BCUT2D eigenvalue weighted by molar-refractivity contribution is -0.119. The lowest BCUT2D eigenvalue weighted by Gasteiger charge is -2.22. The number of hydrogen-bond donors (Lipinski definition) is 1. The van der Waals surface area contributed by atoms with Crippen LogP contribution < -0.4 is 5.32 Å². The molecule has 1 N–H and O–H groups in total. The van der Waals surface area contributed by atoms with Crippen molar-refractivity contribution in [2.24, 2.45) is 7.05 Å². The molecule has 7 heteroatoms. The minimum absolute atomic E-state index is 0.0964. The fourth-order valence-electron chi connectivity index (χ4n) is 3.11. The maximum absolute atomic E-state index is 12.2. The van der Waals surface area contributed by atoms with Crippen molar-refractivity contribution in [1.29, 1.82) is 0 Å². The molecule has 2 aromatic heterocycles. The Bertz CT molecular complexity index is 716. The molecule has 2 heterocycles. The van der Waals surface area contributed by atoms with Gasteiger partial charge >= 0.3 is 0 Å². The topological polar surface area (TPSA) is 59.8 Å². The fraction of sp³-hybridized carbons (Fsp3) is 0.611. The lowest BCUT2D eigenvalue weighted by atomic mass is 9.95. The molecule has 1 saturated carbocycles. The molecule has 136 valence electrons. The second-order valence-electron chi connectivity index (χ2n) is 6.95. The van der Waals surface area contributed by atoms with Gasteiger partial charge in [0.15, 0.2) is 11.0 Å². The quantitative estimate of drug-likeness (QED) is 0.765. The number of rotatable bonds is 6. The normalized spacial score (nSPS) is 15.7. The molecular formula is C18H26N4OS2. The summed E-state index contributed by atoms with van der Waals surface area (Å²) < 4.78 is 1.98. The number of amides is 1. The highest BCUT2D eigenvalue weighted by molar-refractivity contribution is 7.99. The SMILES string of the molecule is CC(C)c1cc(-c2nnc(SCC(=O)NC3CCCCC3)n2C)cs1. The van der Waals surface area contributed by atoms with Crippen LogP contribution >= 0.6 is 23.1 Å². The first kappa shape index (κ1) is 18.5. The zero-order valence-corrected chi connectivity index (χ0v) is 16.8. The minimum atomic E-state index is 0.0964. The van der Waals surface area contributed by atoms with Crippen LogP contribution in [0.25, 0.3) is 11.4 Å². The number of hydrogen-bond acceptors (Lipinski definition) is 5. The molecule has 0 aromatic carbocycles. The summed E-state index contributed by atoms with van der Waals surface area (Å²) in [5, 5.41) is 14.6. The fourth-order valence-corrected chi connectivity index (χ4v) is 4.74. The highest BCUT2D eigenvalue weighted by atomic mass is 32.2. The van der Waals surface area contributed by atoms with Crippen LogP contribution in [0.5, 0.6) is 0 Å². The molecule has 1 aliphatic carbocycles. The van der Waals surface area contributed by atoms with Gasteiger partial charge in [0.2, 0.25) is 5.91 Å². The molecule has 25 heavy (non-hydrogen) atoms. The summed E-state index contributed by atoms with van der Waals surface area (Å²) in [6.45, 7) is 4.39. The highest BCUT2D eigenvalue weighted by Crippen LogP contribution is 2.30. The van der Waals surface area contributed by atoms with E-state index in [9.17, 15) is 4.79 Å².